The van der Waals surface area contributed by atoms with E-state index in [4.69, 9.17) is 4.74 Å². The molecule has 0 aliphatic rings. The van der Waals surface area contributed by atoms with Crippen molar-refractivity contribution in [1.82, 2.24) is 9.97 Å². The molecular formula is C22H22N4O3. The third-order valence-corrected chi connectivity index (χ3v) is 4.24. The molecule has 0 spiro atoms. The van der Waals surface area contributed by atoms with Gasteiger partial charge in [-0.2, -0.15) is 0 Å². The van der Waals surface area contributed by atoms with Crippen LogP contribution in [0.15, 0.2) is 66.9 Å². The average Bonchev–Trinajstić information content (AvgIpc) is 2.77. The van der Waals surface area contributed by atoms with Crippen molar-refractivity contribution in [3.8, 4) is 0 Å². The van der Waals surface area contributed by atoms with Crippen molar-refractivity contribution in [2.24, 2.45) is 0 Å². The molecule has 2 N–H and O–H groups in total. The topological polar surface area (TPSA) is 93.2 Å². The Kier molecular flexibility index (Phi) is 6.89. The van der Waals surface area contributed by atoms with Gasteiger partial charge in [-0.15, -0.1) is 0 Å². The van der Waals surface area contributed by atoms with Gasteiger partial charge in [0.25, 0.3) is 5.91 Å². The summed E-state index contributed by atoms with van der Waals surface area (Å²) in [4.78, 5) is 32.8. The van der Waals surface area contributed by atoms with Gasteiger partial charge in [0.05, 0.1) is 18.4 Å². The Morgan fingerprint density at radius 1 is 1.00 bits per heavy atom. The van der Waals surface area contributed by atoms with Crippen LogP contribution in [0.5, 0.6) is 0 Å². The number of aryl methyl sites for hydroxylation is 1. The van der Waals surface area contributed by atoms with Crippen LogP contribution in [0.4, 0.5) is 11.6 Å². The van der Waals surface area contributed by atoms with Crippen LogP contribution in [0.2, 0.25) is 0 Å². The summed E-state index contributed by atoms with van der Waals surface area (Å²) in [6, 6.07) is 18.4. The van der Waals surface area contributed by atoms with E-state index < -0.39 is 11.9 Å². The first kappa shape index (κ1) is 20.0. The molecule has 148 valence electrons. The number of amides is 1. The molecule has 1 heterocycles. The number of hydrogen-bond donors (Lipinski definition) is 2. The van der Waals surface area contributed by atoms with Gasteiger partial charge in [0, 0.05) is 12.7 Å². The minimum atomic E-state index is -0.524. The quantitative estimate of drug-likeness (QED) is 0.451. The fraction of sp³-hybridized carbons (Fsp3) is 0.182. The number of benzene rings is 2. The second-order valence-electron chi connectivity index (χ2n) is 6.27. The number of para-hydroxylation sites is 1. The van der Waals surface area contributed by atoms with E-state index in [1.54, 1.807) is 24.3 Å². The lowest BCUT2D eigenvalue weighted by Crippen LogP contribution is -2.18. The van der Waals surface area contributed by atoms with E-state index in [0.717, 1.165) is 12.8 Å². The van der Waals surface area contributed by atoms with Crippen LogP contribution in [0.1, 0.15) is 32.8 Å². The van der Waals surface area contributed by atoms with Gasteiger partial charge in [-0.1, -0.05) is 42.5 Å². The maximum absolute atomic E-state index is 12.6. The van der Waals surface area contributed by atoms with Gasteiger partial charge >= 0.3 is 5.97 Å². The van der Waals surface area contributed by atoms with Crippen LogP contribution in [-0.4, -0.2) is 35.5 Å². The number of nitrogens with zero attached hydrogens (tertiary/aromatic N) is 2. The molecule has 0 saturated heterocycles. The number of nitrogens with one attached hydrogen (secondary N) is 2. The lowest BCUT2D eigenvalue weighted by Gasteiger charge is -2.10. The highest BCUT2D eigenvalue weighted by Gasteiger charge is 2.15. The molecule has 0 fully saturated rings. The monoisotopic (exact) mass is 390 g/mol. The standard InChI is InChI=1S/C22H22N4O3/c1-29-21(28)17-11-5-6-12-18(17)25-20(27)19-13-15-24-22(26-19)23-14-7-10-16-8-3-2-4-9-16/h2-6,8-9,11-13,15H,7,10,14H2,1H3,(H,25,27)(H,23,24,26). The second-order valence-corrected chi connectivity index (χ2v) is 6.27. The van der Waals surface area contributed by atoms with Crippen molar-refractivity contribution in [1.29, 1.82) is 0 Å². The van der Waals surface area contributed by atoms with E-state index in [9.17, 15) is 9.59 Å². The predicted octanol–water partition coefficient (Wildman–Crippen LogP) is 3.56. The van der Waals surface area contributed by atoms with Crippen LogP contribution in [0.25, 0.3) is 0 Å². The summed E-state index contributed by atoms with van der Waals surface area (Å²) in [5, 5.41) is 5.84. The zero-order valence-corrected chi connectivity index (χ0v) is 16.1. The summed E-state index contributed by atoms with van der Waals surface area (Å²) >= 11 is 0. The summed E-state index contributed by atoms with van der Waals surface area (Å²) in [7, 11) is 1.29. The van der Waals surface area contributed by atoms with Crippen LogP contribution in [-0.2, 0) is 11.2 Å². The van der Waals surface area contributed by atoms with Crippen molar-refractivity contribution >= 4 is 23.5 Å². The molecule has 0 saturated carbocycles. The smallest absolute Gasteiger partial charge is 0.339 e. The Morgan fingerprint density at radius 3 is 2.55 bits per heavy atom. The van der Waals surface area contributed by atoms with Crippen LogP contribution in [0, 0.1) is 0 Å². The van der Waals surface area contributed by atoms with Crippen molar-refractivity contribution in [3.63, 3.8) is 0 Å². The van der Waals surface area contributed by atoms with E-state index in [-0.39, 0.29) is 11.3 Å². The molecule has 0 bridgehead atoms. The fourth-order valence-corrected chi connectivity index (χ4v) is 2.77. The highest BCUT2D eigenvalue weighted by Crippen LogP contribution is 2.17. The third kappa shape index (κ3) is 5.62. The summed E-state index contributed by atoms with van der Waals surface area (Å²) < 4.78 is 4.74. The normalized spacial score (nSPS) is 10.2. The summed E-state index contributed by atoms with van der Waals surface area (Å²) in [5.41, 5.74) is 2.11. The van der Waals surface area contributed by atoms with Gasteiger partial charge in [-0.05, 0) is 36.6 Å². The molecule has 0 atom stereocenters. The second kappa shape index (κ2) is 9.98. The number of carbonyl (C=O) groups is 2. The lowest BCUT2D eigenvalue weighted by molar-refractivity contribution is 0.0602. The van der Waals surface area contributed by atoms with Crippen LogP contribution >= 0.6 is 0 Å². The maximum atomic E-state index is 12.6. The maximum Gasteiger partial charge on any atom is 0.339 e. The van der Waals surface area contributed by atoms with E-state index in [1.165, 1.54) is 24.9 Å². The van der Waals surface area contributed by atoms with E-state index >= 15 is 0 Å². The molecule has 2 aromatic carbocycles. The minimum absolute atomic E-state index is 0.199. The molecule has 0 aliphatic carbocycles. The number of anilines is 2. The first-order chi connectivity index (χ1) is 14.2. The van der Waals surface area contributed by atoms with Crippen molar-refractivity contribution in [2.75, 3.05) is 24.3 Å². The number of ether oxygens (including phenoxy) is 1. The fourth-order valence-electron chi connectivity index (χ4n) is 2.77. The first-order valence-corrected chi connectivity index (χ1v) is 9.27. The van der Waals surface area contributed by atoms with Crippen molar-refractivity contribution < 1.29 is 14.3 Å². The summed E-state index contributed by atoms with van der Waals surface area (Å²) in [6.07, 6.45) is 3.38. The Balaban J connectivity index is 1.59. The molecule has 3 aromatic rings. The number of carbonyl (C=O) groups excluding carboxylic acids is 2. The molecule has 29 heavy (non-hydrogen) atoms. The number of aromatic nitrogens is 2. The Morgan fingerprint density at radius 2 is 1.76 bits per heavy atom. The minimum Gasteiger partial charge on any atom is -0.465 e. The molecular weight excluding hydrogens is 368 g/mol. The van der Waals surface area contributed by atoms with Gasteiger partial charge in [0.2, 0.25) is 5.95 Å². The molecule has 0 unspecified atom stereocenters. The van der Waals surface area contributed by atoms with Gasteiger partial charge < -0.3 is 15.4 Å². The summed E-state index contributed by atoms with van der Waals surface area (Å²) in [5.74, 6) is -0.576. The SMILES string of the molecule is COC(=O)c1ccccc1NC(=O)c1ccnc(NCCCc2ccccc2)n1. The zero-order valence-electron chi connectivity index (χ0n) is 16.1. The number of hydrogen-bond acceptors (Lipinski definition) is 6. The molecule has 7 nitrogen and oxygen atoms in total. The Hall–Kier alpha value is -3.74. The van der Waals surface area contributed by atoms with Crippen LogP contribution < -0.4 is 10.6 Å². The zero-order chi connectivity index (χ0) is 20.5. The van der Waals surface area contributed by atoms with Gasteiger partial charge in [0.1, 0.15) is 5.69 Å². The largest absolute Gasteiger partial charge is 0.465 e. The van der Waals surface area contributed by atoms with Gasteiger partial charge in [-0.25, -0.2) is 14.8 Å². The molecule has 0 aliphatic heterocycles. The van der Waals surface area contributed by atoms with Crippen molar-refractivity contribution in [2.45, 2.75) is 12.8 Å². The molecule has 1 aromatic heterocycles. The highest BCUT2D eigenvalue weighted by atomic mass is 16.5. The van der Waals surface area contributed by atoms with Crippen molar-refractivity contribution in [3.05, 3.63) is 83.7 Å². The van der Waals surface area contributed by atoms with E-state index in [2.05, 4.69) is 32.7 Å². The number of esters is 1. The molecule has 3 rings (SSSR count). The van der Waals surface area contributed by atoms with E-state index in [0.29, 0.717) is 18.2 Å². The predicted molar refractivity (Wildman–Crippen MR) is 111 cm³/mol. The first-order valence-electron chi connectivity index (χ1n) is 9.27. The molecule has 7 heteroatoms. The number of rotatable bonds is 8. The van der Waals surface area contributed by atoms with Gasteiger partial charge in [-0.3, -0.25) is 4.79 Å². The van der Waals surface area contributed by atoms with Gasteiger partial charge in [0.15, 0.2) is 0 Å². The Labute approximate surface area is 169 Å². The number of methoxy groups -OCH3 is 1. The van der Waals surface area contributed by atoms with Crippen LogP contribution in [0.3, 0.4) is 0 Å². The lowest BCUT2D eigenvalue weighted by atomic mass is 10.1. The van der Waals surface area contributed by atoms with E-state index in [1.807, 2.05) is 18.2 Å². The molecule has 0 radical (unpaired) electrons. The third-order valence-electron chi connectivity index (χ3n) is 4.24. The summed E-state index contributed by atoms with van der Waals surface area (Å²) in [6.45, 7) is 0.686. The average molecular weight is 390 g/mol. The Bertz CT molecular complexity index is 977. The highest BCUT2D eigenvalue weighted by molar-refractivity contribution is 6.07. The molecule has 1 amide bonds.